The van der Waals surface area contributed by atoms with E-state index in [9.17, 15) is 4.39 Å². The smallest absolute Gasteiger partial charge is 0.164 e. The highest BCUT2D eigenvalue weighted by molar-refractivity contribution is 5.76. The molecule has 182 valence electrons. The summed E-state index contributed by atoms with van der Waals surface area (Å²) in [4.78, 5) is 0. The van der Waals surface area contributed by atoms with Gasteiger partial charge in [-0.25, -0.2) is 8.78 Å². The van der Waals surface area contributed by atoms with Crippen molar-refractivity contribution in [2.24, 2.45) is 23.7 Å². The third kappa shape index (κ3) is 6.80. The molecule has 0 heterocycles. The summed E-state index contributed by atoms with van der Waals surface area (Å²) in [5.74, 6) is 3.41. The summed E-state index contributed by atoms with van der Waals surface area (Å²) in [5, 5.41) is 0. The highest BCUT2D eigenvalue weighted by Gasteiger charge is 2.39. The molecule has 2 atom stereocenters. The van der Waals surface area contributed by atoms with Crippen LogP contribution in [0.1, 0.15) is 102 Å². The van der Waals surface area contributed by atoms with Crippen LogP contribution in [-0.2, 0) is 0 Å². The van der Waals surface area contributed by atoms with E-state index in [-0.39, 0.29) is 0 Å². The lowest BCUT2D eigenvalue weighted by Crippen LogP contribution is -2.34. The Kier molecular flexibility index (Phi) is 8.83. The van der Waals surface area contributed by atoms with Crippen molar-refractivity contribution in [1.29, 1.82) is 0 Å². The van der Waals surface area contributed by atoms with Crippen LogP contribution in [0.15, 0.2) is 48.6 Å². The second-order valence-corrected chi connectivity index (χ2v) is 11.3. The Morgan fingerprint density at radius 2 is 1.27 bits per heavy atom. The third-order valence-electron chi connectivity index (χ3n) is 8.98. The van der Waals surface area contributed by atoms with Crippen molar-refractivity contribution < 1.29 is 8.78 Å². The molecule has 2 unspecified atom stereocenters. The molecule has 1 aromatic rings. The molecule has 0 nitrogen and oxygen atoms in total. The number of hydrogen-bond acceptors (Lipinski definition) is 0. The summed E-state index contributed by atoms with van der Waals surface area (Å²) < 4.78 is 30.2. The molecule has 1 aromatic carbocycles. The van der Waals surface area contributed by atoms with Gasteiger partial charge in [-0.05, 0) is 59.8 Å². The highest BCUT2D eigenvalue weighted by Crippen LogP contribution is 2.41. The Morgan fingerprint density at radius 3 is 1.79 bits per heavy atom. The van der Waals surface area contributed by atoms with Gasteiger partial charge in [0.05, 0.1) is 0 Å². The minimum atomic E-state index is -1.84. The second-order valence-electron chi connectivity index (χ2n) is 11.3. The molecular weight excluding hydrogens is 410 g/mol. The summed E-state index contributed by atoms with van der Waals surface area (Å²) >= 11 is 0. The lowest BCUT2D eigenvalue weighted by atomic mass is 9.73. The Balaban J connectivity index is 1.15. The van der Waals surface area contributed by atoms with E-state index in [1.807, 2.05) is 30.3 Å². The van der Waals surface area contributed by atoms with Gasteiger partial charge in [0.2, 0.25) is 0 Å². The summed E-state index contributed by atoms with van der Waals surface area (Å²) in [5.41, 5.74) is -0.104. The molecule has 2 heteroatoms. The summed E-state index contributed by atoms with van der Waals surface area (Å²) in [6.07, 6.45) is 20.7. The van der Waals surface area contributed by atoms with Gasteiger partial charge < -0.3 is 0 Å². The van der Waals surface area contributed by atoms with Crippen molar-refractivity contribution in [2.45, 2.75) is 109 Å². The van der Waals surface area contributed by atoms with Crippen molar-refractivity contribution in [3.8, 4) is 0 Å². The molecule has 2 saturated carbocycles. The van der Waals surface area contributed by atoms with Gasteiger partial charge >= 0.3 is 0 Å². The van der Waals surface area contributed by atoms with Gasteiger partial charge in [-0.15, -0.1) is 0 Å². The Morgan fingerprint density at radius 1 is 0.758 bits per heavy atom. The lowest BCUT2D eigenvalue weighted by molar-refractivity contribution is 0.101. The quantitative estimate of drug-likeness (QED) is 0.348. The standard InChI is InChI=1S/C31H44F2/c1-2-6-24-9-11-25(12-10-24)13-14-26-15-17-27(18-16-26)19-21-31(33)22-20-29(23-30(31)32)28-7-4-3-5-8-28/h3-5,7-8,20,22-27,30H,2,6,9-19,21H2,1H3. The minimum absolute atomic E-state index is 0.305. The van der Waals surface area contributed by atoms with Crippen LogP contribution < -0.4 is 0 Å². The van der Waals surface area contributed by atoms with Gasteiger partial charge in [0.25, 0.3) is 0 Å². The van der Waals surface area contributed by atoms with Gasteiger partial charge in [-0.3, -0.25) is 0 Å². The molecule has 33 heavy (non-hydrogen) atoms. The number of rotatable bonds is 9. The largest absolute Gasteiger partial charge is 0.239 e. The first-order chi connectivity index (χ1) is 16.1. The van der Waals surface area contributed by atoms with E-state index >= 15 is 4.39 Å². The molecule has 0 N–H and O–H groups in total. The van der Waals surface area contributed by atoms with Crippen molar-refractivity contribution in [3.05, 3.63) is 54.1 Å². The van der Waals surface area contributed by atoms with Gasteiger partial charge in [-0.2, -0.15) is 0 Å². The second kappa shape index (κ2) is 11.8. The molecule has 3 aliphatic carbocycles. The van der Waals surface area contributed by atoms with Crippen LogP contribution in [0.5, 0.6) is 0 Å². The van der Waals surface area contributed by atoms with Crippen LogP contribution >= 0.6 is 0 Å². The van der Waals surface area contributed by atoms with Gasteiger partial charge in [0.1, 0.15) is 0 Å². The summed E-state index contributed by atoms with van der Waals surface area (Å²) in [7, 11) is 0. The molecule has 3 aliphatic rings. The lowest BCUT2D eigenvalue weighted by Gasteiger charge is -2.33. The maximum Gasteiger partial charge on any atom is 0.164 e. The molecule has 0 amide bonds. The fraction of sp³-hybridized carbons (Fsp3) is 0.677. The van der Waals surface area contributed by atoms with E-state index in [0.717, 1.165) is 35.3 Å². The van der Waals surface area contributed by atoms with E-state index in [4.69, 9.17) is 0 Å². The first-order valence-electron chi connectivity index (χ1n) is 13.8. The molecule has 0 radical (unpaired) electrons. The third-order valence-corrected chi connectivity index (χ3v) is 8.98. The van der Waals surface area contributed by atoms with Crippen molar-refractivity contribution >= 4 is 5.57 Å². The zero-order chi connectivity index (χ0) is 23.1. The average Bonchev–Trinajstić information content (AvgIpc) is 2.85. The maximum atomic E-state index is 15.4. The first-order valence-corrected chi connectivity index (χ1v) is 13.8. The van der Waals surface area contributed by atoms with Crippen molar-refractivity contribution in [3.63, 3.8) is 0 Å². The monoisotopic (exact) mass is 454 g/mol. The molecule has 0 aromatic heterocycles. The molecular formula is C31H44F2. The van der Waals surface area contributed by atoms with E-state index in [2.05, 4.69) is 6.92 Å². The zero-order valence-electron chi connectivity index (χ0n) is 20.7. The predicted molar refractivity (Wildman–Crippen MR) is 137 cm³/mol. The Labute approximate surface area is 200 Å². The first kappa shape index (κ1) is 24.7. The molecule has 2 fully saturated rings. The number of alkyl halides is 2. The van der Waals surface area contributed by atoms with Crippen molar-refractivity contribution in [1.82, 2.24) is 0 Å². The SMILES string of the molecule is CCCC1CCC(CCC2CCC(CCC3(F)C=CC(c4ccccc4)=CC3F)CC2)CC1. The van der Waals surface area contributed by atoms with Gasteiger partial charge in [0.15, 0.2) is 11.8 Å². The van der Waals surface area contributed by atoms with Crippen LogP contribution in [0.3, 0.4) is 0 Å². The zero-order valence-corrected chi connectivity index (χ0v) is 20.7. The number of allylic oxidation sites excluding steroid dienone is 4. The highest BCUT2D eigenvalue weighted by atomic mass is 19.2. The van der Waals surface area contributed by atoms with Gasteiger partial charge in [0, 0.05) is 0 Å². The Bertz CT molecular complexity index is 765. The number of halogens is 2. The van der Waals surface area contributed by atoms with E-state index in [1.165, 1.54) is 89.2 Å². The van der Waals surface area contributed by atoms with Crippen LogP contribution in [0.4, 0.5) is 8.78 Å². The summed E-state index contributed by atoms with van der Waals surface area (Å²) in [6.45, 7) is 2.32. The van der Waals surface area contributed by atoms with E-state index in [1.54, 1.807) is 6.08 Å². The fourth-order valence-electron chi connectivity index (χ4n) is 6.64. The predicted octanol–water partition coefficient (Wildman–Crippen LogP) is 9.66. The average molecular weight is 455 g/mol. The van der Waals surface area contributed by atoms with Crippen LogP contribution in [0, 0.1) is 23.7 Å². The molecule has 0 saturated heterocycles. The molecule has 0 spiro atoms. The van der Waals surface area contributed by atoms with Crippen LogP contribution in [-0.4, -0.2) is 11.8 Å². The summed E-state index contributed by atoms with van der Waals surface area (Å²) in [6, 6.07) is 9.70. The maximum absolute atomic E-state index is 15.4. The normalized spacial score (nSPS) is 34.8. The molecule has 0 aliphatic heterocycles. The van der Waals surface area contributed by atoms with Crippen LogP contribution in [0.2, 0.25) is 0 Å². The van der Waals surface area contributed by atoms with Crippen molar-refractivity contribution in [2.75, 3.05) is 0 Å². The minimum Gasteiger partial charge on any atom is -0.239 e. The van der Waals surface area contributed by atoms with E-state index < -0.39 is 11.8 Å². The molecule has 0 bridgehead atoms. The molecule has 4 rings (SSSR count). The fourth-order valence-corrected chi connectivity index (χ4v) is 6.64. The number of benzene rings is 1. The number of hydrogen-bond donors (Lipinski definition) is 0. The van der Waals surface area contributed by atoms with Gasteiger partial charge in [-0.1, -0.05) is 120 Å². The van der Waals surface area contributed by atoms with E-state index in [0.29, 0.717) is 12.3 Å². The van der Waals surface area contributed by atoms with Crippen LogP contribution in [0.25, 0.3) is 5.57 Å². The Hall–Kier alpha value is -1.44. The topological polar surface area (TPSA) is 0 Å².